The molecule has 0 aliphatic carbocycles. The Bertz CT molecular complexity index is 1230. The summed E-state index contributed by atoms with van der Waals surface area (Å²) < 4.78 is 52.2. The Morgan fingerprint density at radius 1 is 1.07 bits per heavy atom. The van der Waals surface area contributed by atoms with Crippen LogP contribution in [0.3, 0.4) is 0 Å². The summed E-state index contributed by atoms with van der Waals surface area (Å²) in [4.78, 5) is 25.0. The molecule has 9 nitrogen and oxygen atoms in total. The minimum atomic E-state index is -3.04. The number of likely N-dealkylation sites (tertiary alicyclic amines) is 2. The number of nitrogens with zero attached hydrogens (tertiary/aromatic N) is 4. The van der Waals surface area contributed by atoms with E-state index in [0.717, 1.165) is 32.1 Å². The molecule has 2 aliphatic rings. The number of ether oxygens (including phenoxy) is 2. The highest BCUT2D eigenvalue weighted by Gasteiger charge is 2.46. The molecule has 0 saturated carbocycles. The molecule has 2 N–H and O–H groups in total. The van der Waals surface area contributed by atoms with E-state index in [4.69, 9.17) is 9.47 Å². The maximum absolute atomic E-state index is 14.8. The first-order valence-corrected chi connectivity index (χ1v) is 14.5. The van der Waals surface area contributed by atoms with Crippen molar-refractivity contribution in [2.75, 3.05) is 23.7 Å². The van der Waals surface area contributed by atoms with Gasteiger partial charge in [0, 0.05) is 54.9 Å². The predicted molar refractivity (Wildman–Crippen MR) is 156 cm³/mol. The summed E-state index contributed by atoms with van der Waals surface area (Å²) in [6.45, 7) is 12.5. The predicted octanol–water partition coefficient (Wildman–Crippen LogP) is 6.19. The summed E-state index contributed by atoms with van der Waals surface area (Å²) in [5.74, 6) is -0.421. The van der Waals surface area contributed by atoms with Crippen LogP contribution in [0.1, 0.15) is 74.1 Å². The van der Waals surface area contributed by atoms with Crippen molar-refractivity contribution in [1.82, 2.24) is 19.8 Å². The van der Waals surface area contributed by atoms with E-state index >= 15 is 0 Å². The van der Waals surface area contributed by atoms with Crippen LogP contribution in [0.4, 0.5) is 30.6 Å². The number of carbonyl (C=O) groups excluding carboxylic acids is 1. The lowest BCUT2D eigenvalue weighted by Crippen LogP contribution is -2.64. The second kappa shape index (κ2) is 12.5. The number of benzene rings is 1. The molecular weight excluding hydrogens is 549 g/mol. The molecule has 1 amide bonds. The lowest BCUT2D eigenvalue weighted by molar-refractivity contribution is -0.146. The zero-order chi connectivity index (χ0) is 30.8. The highest BCUT2D eigenvalue weighted by Crippen LogP contribution is 2.40. The fraction of sp³-hybridized carbons (Fsp3) is 0.633. The van der Waals surface area contributed by atoms with Crippen molar-refractivity contribution in [3.63, 3.8) is 0 Å². The Morgan fingerprint density at radius 3 is 2.29 bits per heavy atom. The van der Waals surface area contributed by atoms with Crippen LogP contribution in [0.5, 0.6) is 11.5 Å². The molecule has 2 aliphatic heterocycles. The Hall–Kier alpha value is -3.28. The van der Waals surface area contributed by atoms with Gasteiger partial charge in [-0.3, -0.25) is 4.79 Å². The van der Waals surface area contributed by atoms with Crippen LogP contribution in [0, 0.1) is 5.82 Å². The van der Waals surface area contributed by atoms with Crippen molar-refractivity contribution in [2.24, 2.45) is 0 Å². The summed E-state index contributed by atoms with van der Waals surface area (Å²) in [7, 11) is 0. The van der Waals surface area contributed by atoms with E-state index in [-0.39, 0.29) is 41.3 Å². The second-order valence-electron chi connectivity index (χ2n) is 12.7. The van der Waals surface area contributed by atoms with Gasteiger partial charge in [-0.25, -0.2) is 9.37 Å². The van der Waals surface area contributed by atoms with Gasteiger partial charge in [0.25, 0.3) is 0 Å². The molecule has 3 heterocycles. The Labute approximate surface area is 246 Å². The summed E-state index contributed by atoms with van der Waals surface area (Å²) in [6.07, 6.45) is 3.70. The van der Waals surface area contributed by atoms with Gasteiger partial charge < -0.3 is 29.9 Å². The number of carbonyl (C=O) groups is 1. The smallest absolute Gasteiger partial charge is 0.387 e. The molecule has 2 saturated heterocycles. The van der Waals surface area contributed by atoms with E-state index in [2.05, 4.69) is 39.3 Å². The number of rotatable bonds is 9. The number of hydrogen-bond donors (Lipinski definition) is 2. The topological polar surface area (TPSA) is 91.9 Å². The van der Waals surface area contributed by atoms with Gasteiger partial charge in [-0.2, -0.15) is 13.8 Å². The van der Waals surface area contributed by atoms with Crippen LogP contribution in [0.2, 0.25) is 0 Å². The zero-order valence-corrected chi connectivity index (χ0v) is 25.5. The van der Waals surface area contributed by atoms with Gasteiger partial charge in [-0.15, -0.1) is 0 Å². The van der Waals surface area contributed by atoms with Gasteiger partial charge >= 0.3 is 6.61 Å². The number of piperidine rings is 2. The third-order valence-corrected chi connectivity index (χ3v) is 8.02. The third-order valence-electron chi connectivity index (χ3n) is 8.02. The molecule has 0 radical (unpaired) electrons. The van der Waals surface area contributed by atoms with Gasteiger partial charge in [0.1, 0.15) is 6.10 Å². The van der Waals surface area contributed by atoms with Gasteiger partial charge in [0.2, 0.25) is 11.9 Å². The Kier molecular flexibility index (Phi) is 9.44. The van der Waals surface area contributed by atoms with Gasteiger partial charge in [-0.05, 0) is 79.4 Å². The van der Waals surface area contributed by atoms with Crippen LogP contribution in [0.25, 0.3) is 0 Å². The fourth-order valence-corrected chi connectivity index (χ4v) is 6.65. The molecule has 232 valence electrons. The van der Waals surface area contributed by atoms with Crippen molar-refractivity contribution < 1.29 is 27.4 Å². The van der Waals surface area contributed by atoms with E-state index in [1.165, 1.54) is 6.07 Å². The lowest BCUT2D eigenvalue weighted by atomic mass is 9.77. The number of hydrogen-bond acceptors (Lipinski definition) is 8. The van der Waals surface area contributed by atoms with E-state index in [1.54, 1.807) is 19.1 Å². The van der Waals surface area contributed by atoms with Crippen LogP contribution in [-0.4, -0.2) is 74.6 Å². The molecule has 12 heteroatoms. The summed E-state index contributed by atoms with van der Waals surface area (Å²) in [5.41, 5.74) is -0.527. The average Bonchev–Trinajstić information content (AvgIpc) is 2.85. The molecule has 2 fully saturated rings. The van der Waals surface area contributed by atoms with E-state index in [9.17, 15) is 18.0 Å². The normalized spacial score (nSPS) is 19.7. The van der Waals surface area contributed by atoms with Crippen LogP contribution < -0.4 is 20.1 Å². The number of nitrogens with one attached hydrogen (secondary N) is 2. The van der Waals surface area contributed by atoms with E-state index in [0.29, 0.717) is 24.6 Å². The van der Waals surface area contributed by atoms with Gasteiger partial charge in [-0.1, -0.05) is 0 Å². The average molecular weight is 593 g/mol. The largest absolute Gasteiger partial charge is 0.486 e. The highest BCUT2D eigenvalue weighted by molar-refractivity contribution is 5.75. The molecule has 1 aromatic carbocycles. The van der Waals surface area contributed by atoms with Crippen LogP contribution >= 0.6 is 0 Å². The number of anilines is 3. The molecule has 0 spiro atoms. The van der Waals surface area contributed by atoms with Gasteiger partial charge in [0.05, 0.1) is 6.20 Å². The maximum Gasteiger partial charge on any atom is 0.387 e. The maximum atomic E-state index is 14.8. The molecule has 0 bridgehead atoms. The second-order valence-corrected chi connectivity index (χ2v) is 12.7. The number of amides is 1. The number of alkyl halides is 2. The molecule has 42 heavy (non-hydrogen) atoms. The van der Waals surface area contributed by atoms with Crippen molar-refractivity contribution in [3.8, 4) is 11.5 Å². The van der Waals surface area contributed by atoms with Crippen LogP contribution in [-0.2, 0) is 4.79 Å². The number of aromatic nitrogens is 2. The van der Waals surface area contributed by atoms with Crippen molar-refractivity contribution in [1.29, 1.82) is 0 Å². The summed E-state index contributed by atoms with van der Waals surface area (Å²) >= 11 is 0. The fourth-order valence-electron chi connectivity index (χ4n) is 6.65. The molecule has 1 aromatic heterocycles. The van der Waals surface area contributed by atoms with E-state index in [1.807, 2.05) is 32.6 Å². The van der Waals surface area contributed by atoms with Crippen molar-refractivity contribution >= 4 is 23.4 Å². The minimum absolute atomic E-state index is 0.00808. The monoisotopic (exact) mass is 592 g/mol. The summed E-state index contributed by atoms with van der Waals surface area (Å²) in [6, 6.07) is 4.91. The first-order valence-electron chi connectivity index (χ1n) is 14.5. The summed E-state index contributed by atoms with van der Waals surface area (Å²) in [5, 5.41) is 6.15. The number of halogens is 3. The lowest BCUT2D eigenvalue weighted by Gasteiger charge is -2.55. The molecule has 4 rings (SSSR count). The molecule has 0 unspecified atom stereocenters. The van der Waals surface area contributed by atoms with Crippen LogP contribution in [0.15, 0.2) is 24.4 Å². The standard InChI is InChI=1S/C30H43F3N6O3/c1-18(2)38-12-10-22(11-13-38)41-24-9-8-20(14-25(24)42-27(32)33)36-28-34-17-23(31)26(37-28)35-21-15-29(4,5)39(19(3)40)30(6,7)16-21/h8-9,14,17-18,21-22,27H,10-13,15-16H2,1-7H3,(H2,34,35,36,37). The molecule has 0 atom stereocenters. The first kappa shape index (κ1) is 31.7. The SMILES string of the molecule is CC(=O)N1C(C)(C)CC(Nc2nc(Nc3ccc(OC4CCN(C(C)C)CC4)c(OC(F)F)c3)ncc2F)CC1(C)C. The third kappa shape index (κ3) is 7.56. The minimum Gasteiger partial charge on any atom is -0.486 e. The zero-order valence-electron chi connectivity index (χ0n) is 25.5. The molecular formula is C30H43F3N6O3. The van der Waals surface area contributed by atoms with Crippen molar-refractivity contribution in [2.45, 2.75) is 110 Å². The Balaban J connectivity index is 1.48. The van der Waals surface area contributed by atoms with Crippen molar-refractivity contribution in [3.05, 3.63) is 30.2 Å². The Morgan fingerprint density at radius 2 is 1.71 bits per heavy atom. The van der Waals surface area contributed by atoms with E-state index < -0.39 is 23.5 Å². The first-order chi connectivity index (χ1) is 19.6. The quantitative estimate of drug-likeness (QED) is 0.356. The highest BCUT2D eigenvalue weighted by atomic mass is 19.3. The van der Waals surface area contributed by atoms with Gasteiger partial charge in [0.15, 0.2) is 23.1 Å². The molecule has 2 aromatic rings.